The Morgan fingerprint density at radius 1 is 1.25 bits per heavy atom. The average molecular weight is 277 g/mol. The van der Waals surface area contributed by atoms with Crippen LogP contribution in [0.25, 0.3) is 0 Å². The predicted molar refractivity (Wildman–Crippen MR) is 87.2 cm³/mol. The zero-order valence-corrected chi connectivity index (χ0v) is 13.6. The number of aryl methyl sites for hydroxylation is 1. The van der Waals surface area contributed by atoms with E-state index in [0.29, 0.717) is 5.92 Å². The molecule has 0 aliphatic rings. The fourth-order valence-corrected chi connectivity index (χ4v) is 2.61. The van der Waals surface area contributed by atoms with Gasteiger partial charge in [0, 0.05) is 13.7 Å². The molecule has 0 fully saturated rings. The summed E-state index contributed by atoms with van der Waals surface area (Å²) in [5.41, 5.74) is 2.91. The summed E-state index contributed by atoms with van der Waals surface area (Å²) in [5.74, 6) is 1.51. The molecule has 0 amide bonds. The maximum Gasteiger partial charge on any atom is 0.0587 e. The zero-order chi connectivity index (χ0) is 14.8. The van der Waals surface area contributed by atoms with Gasteiger partial charge < -0.3 is 10.1 Å². The minimum Gasteiger partial charge on any atom is -0.383 e. The molecule has 0 aliphatic carbocycles. The summed E-state index contributed by atoms with van der Waals surface area (Å²) in [6.45, 7) is 9.69. The van der Waals surface area contributed by atoms with Gasteiger partial charge in [-0.1, -0.05) is 44.5 Å². The molecule has 2 atom stereocenters. The topological polar surface area (TPSA) is 21.3 Å². The van der Waals surface area contributed by atoms with Crippen molar-refractivity contribution in [3.8, 4) is 0 Å². The molecule has 2 unspecified atom stereocenters. The quantitative estimate of drug-likeness (QED) is 0.656. The van der Waals surface area contributed by atoms with Gasteiger partial charge >= 0.3 is 0 Å². The van der Waals surface area contributed by atoms with E-state index in [1.54, 1.807) is 7.11 Å². The predicted octanol–water partition coefficient (Wildman–Crippen LogP) is 3.83. The molecule has 2 heteroatoms. The molecular formula is C18H31NO. The lowest BCUT2D eigenvalue weighted by molar-refractivity contribution is 0.196. The third-order valence-corrected chi connectivity index (χ3v) is 4.12. The second-order valence-electron chi connectivity index (χ2n) is 5.94. The van der Waals surface area contributed by atoms with E-state index in [0.717, 1.165) is 25.6 Å². The summed E-state index contributed by atoms with van der Waals surface area (Å²) in [4.78, 5) is 0. The van der Waals surface area contributed by atoms with Crippen LogP contribution in [-0.4, -0.2) is 26.8 Å². The first-order valence-electron chi connectivity index (χ1n) is 7.91. The number of hydrogen-bond donors (Lipinski definition) is 1. The molecule has 1 rings (SSSR count). The Morgan fingerprint density at radius 3 is 2.65 bits per heavy atom. The van der Waals surface area contributed by atoms with Gasteiger partial charge in [0.05, 0.1) is 6.61 Å². The van der Waals surface area contributed by atoms with E-state index >= 15 is 0 Å². The minimum absolute atomic E-state index is 0.711. The standard InChI is InChI=1S/C18H31NO/c1-5-15(2)12-17(14-19-10-11-20-4)13-18-9-7-6-8-16(18)3/h6-9,15,17,19H,5,10-14H2,1-4H3. The van der Waals surface area contributed by atoms with E-state index in [1.165, 1.54) is 30.4 Å². The van der Waals surface area contributed by atoms with Crippen LogP contribution in [0, 0.1) is 18.8 Å². The molecule has 0 aromatic heterocycles. The highest BCUT2D eigenvalue weighted by Gasteiger charge is 2.14. The Hall–Kier alpha value is -0.860. The van der Waals surface area contributed by atoms with Gasteiger partial charge in [0.1, 0.15) is 0 Å². The number of ether oxygens (including phenoxy) is 1. The molecule has 2 nitrogen and oxygen atoms in total. The maximum atomic E-state index is 5.10. The molecule has 0 saturated heterocycles. The van der Waals surface area contributed by atoms with E-state index < -0.39 is 0 Å². The van der Waals surface area contributed by atoms with Gasteiger partial charge in [-0.25, -0.2) is 0 Å². The summed E-state index contributed by atoms with van der Waals surface area (Å²) in [6.07, 6.45) is 3.74. The average Bonchev–Trinajstić information content (AvgIpc) is 2.45. The number of rotatable bonds is 10. The van der Waals surface area contributed by atoms with Crippen molar-refractivity contribution in [3.05, 3.63) is 35.4 Å². The Bertz CT molecular complexity index is 364. The number of benzene rings is 1. The summed E-state index contributed by atoms with van der Waals surface area (Å²) >= 11 is 0. The van der Waals surface area contributed by atoms with Gasteiger partial charge in [0.15, 0.2) is 0 Å². The number of nitrogens with one attached hydrogen (secondary N) is 1. The third kappa shape index (κ3) is 6.53. The molecule has 0 aliphatic heterocycles. The van der Waals surface area contributed by atoms with E-state index in [9.17, 15) is 0 Å². The Balaban J connectivity index is 2.55. The Labute approximate surface area is 124 Å². The van der Waals surface area contributed by atoms with Crippen molar-refractivity contribution in [1.29, 1.82) is 0 Å². The van der Waals surface area contributed by atoms with Crippen molar-refractivity contribution in [1.82, 2.24) is 5.32 Å². The number of hydrogen-bond acceptors (Lipinski definition) is 2. The van der Waals surface area contributed by atoms with Crippen LogP contribution < -0.4 is 5.32 Å². The Kier molecular flexibility index (Phi) is 8.56. The molecule has 0 radical (unpaired) electrons. The second kappa shape index (κ2) is 9.95. The highest BCUT2D eigenvalue weighted by atomic mass is 16.5. The van der Waals surface area contributed by atoms with Gasteiger partial charge in [-0.2, -0.15) is 0 Å². The van der Waals surface area contributed by atoms with Crippen molar-refractivity contribution in [3.63, 3.8) is 0 Å². The van der Waals surface area contributed by atoms with Gasteiger partial charge in [-0.15, -0.1) is 0 Å². The van der Waals surface area contributed by atoms with Crippen molar-refractivity contribution >= 4 is 0 Å². The molecule has 0 saturated carbocycles. The highest BCUT2D eigenvalue weighted by molar-refractivity contribution is 5.25. The molecule has 1 aromatic rings. The van der Waals surface area contributed by atoms with Crippen molar-refractivity contribution in [2.24, 2.45) is 11.8 Å². The number of methoxy groups -OCH3 is 1. The van der Waals surface area contributed by atoms with Crippen LogP contribution in [-0.2, 0) is 11.2 Å². The first-order valence-corrected chi connectivity index (χ1v) is 7.91. The summed E-state index contributed by atoms with van der Waals surface area (Å²) in [7, 11) is 1.76. The fraction of sp³-hybridized carbons (Fsp3) is 0.667. The highest BCUT2D eigenvalue weighted by Crippen LogP contribution is 2.20. The minimum atomic E-state index is 0.711. The fourth-order valence-electron chi connectivity index (χ4n) is 2.61. The maximum absolute atomic E-state index is 5.10. The second-order valence-corrected chi connectivity index (χ2v) is 5.94. The smallest absolute Gasteiger partial charge is 0.0587 e. The van der Waals surface area contributed by atoms with Gasteiger partial charge in [-0.05, 0) is 49.3 Å². The van der Waals surface area contributed by atoms with Crippen LogP contribution in [0.15, 0.2) is 24.3 Å². The van der Waals surface area contributed by atoms with Crippen LogP contribution >= 0.6 is 0 Å². The van der Waals surface area contributed by atoms with Gasteiger partial charge in [0.25, 0.3) is 0 Å². The molecule has 0 bridgehead atoms. The van der Waals surface area contributed by atoms with E-state index in [-0.39, 0.29) is 0 Å². The molecule has 0 spiro atoms. The third-order valence-electron chi connectivity index (χ3n) is 4.12. The first-order chi connectivity index (χ1) is 9.67. The van der Waals surface area contributed by atoms with Crippen LogP contribution in [0.5, 0.6) is 0 Å². The van der Waals surface area contributed by atoms with Crippen molar-refractivity contribution < 1.29 is 4.74 Å². The van der Waals surface area contributed by atoms with Crippen LogP contribution in [0.1, 0.15) is 37.8 Å². The molecule has 0 heterocycles. The summed E-state index contributed by atoms with van der Waals surface area (Å²) in [6, 6.07) is 8.77. The van der Waals surface area contributed by atoms with Gasteiger partial charge in [0.2, 0.25) is 0 Å². The lowest BCUT2D eigenvalue weighted by Gasteiger charge is -2.22. The van der Waals surface area contributed by atoms with Crippen LogP contribution in [0.2, 0.25) is 0 Å². The van der Waals surface area contributed by atoms with Crippen molar-refractivity contribution in [2.45, 2.75) is 40.0 Å². The van der Waals surface area contributed by atoms with Crippen LogP contribution in [0.4, 0.5) is 0 Å². The Morgan fingerprint density at radius 2 is 2.00 bits per heavy atom. The van der Waals surface area contributed by atoms with Gasteiger partial charge in [-0.3, -0.25) is 0 Å². The molecule has 114 valence electrons. The summed E-state index contributed by atoms with van der Waals surface area (Å²) < 4.78 is 5.10. The molecule has 1 N–H and O–H groups in total. The monoisotopic (exact) mass is 277 g/mol. The van der Waals surface area contributed by atoms with E-state index in [1.807, 2.05) is 0 Å². The lowest BCUT2D eigenvalue weighted by Crippen LogP contribution is -2.28. The van der Waals surface area contributed by atoms with E-state index in [2.05, 4.69) is 50.4 Å². The van der Waals surface area contributed by atoms with Crippen molar-refractivity contribution in [2.75, 3.05) is 26.8 Å². The molecule has 20 heavy (non-hydrogen) atoms. The van der Waals surface area contributed by atoms with Crippen LogP contribution in [0.3, 0.4) is 0 Å². The SMILES string of the molecule is CCC(C)CC(CNCCOC)Cc1ccccc1C. The summed E-state index contributed by atoms with van der Waals surface area (Å²) in [5, 5.41) is 3.53. The molecule has 1 aromatic carbocycles. The largest absolute Gasteiger partial charge is 0.383 e. The lowest BCUT2D eigenvalue weighted by atomic mass is 9.88. The van der Waals surface area contributed by atoms with E-state index in [4.69, 9.17) is 4.74 Å². The molecular weight excluding hydrogens is 246 g/mol. The zero-order valence-electron chi connectivity index (χ0n) is 13.6. The first kappa shape index (κ1) is 17.2. The normalized spacial score (nSPS) is 14.2.